The number of hydrogen-bond donors (Lipinski definition) is 0. The number of rotatable bonds is 4. The van der Waals surface area contributed by atoms with Gasteiger partial charge in [-0.25, -0.2) is 0 Å². The third kappa shape index (κ3) is 3.30. The highest BCUT2D eigenvalue weighted by Crippen LogP contribution is 2.22. The van der Waals surface area contributed by atoms with Crippen LogP contribution in [0.3, 0.4) is 0 Å². The second-order valence-corrected chi connectivity index (χ2v) is 4.48. The molecule has 3 heteroatoms. The zero-order chi connectivity index (χ0) is 9.68. The van der Waals surface area contributed by atoms with Crippen LogP contribution in [0.15, 0.2) is 18.2 Å². The molecule has 69 valence electrons. The summed E-state index contributed by atoms with van der Waals surface area (Å²) in [5, 5.41) is 0. The Kier molecular flexibility index (Phi) is 4.80. The van der Waals surface area contributed by atoms with Crippen molar-refractivity contribution < 1.29 is 4.74 Å². The fourth-order valence-electron chi connectivity index (χ4n) is 0.998. The Morgan fingerprint density at radius 3 is 2.92 bits per heavy atom. The number of halogens is 1. The van der Waals surface area contributed by atoms with Crippen molar-refractivity contribution in [3.05, 3.63) is 27.3 Å². The normalized spacial score (nSPS) is 10.1. The van der Waals surface area contributed by atoms with Gasteiger partial charge in [-0.1, -0.05) is 12.1 Å². The summed E-state index contributed by atoms with van der Waals surface area (Å²) in [5.74, 6) is 1.01. The van der Waals surface area contributed by atoms with Crippen molar-refractivity contribution in [2.45, 2.75) is 19.4 Å². The molecule has 0 unspecified atom stereocenters. The highest BCUT2D eigenvalue weighted by molar-refractivity contribution is 14.1. The van der Waals surface area contributed by atoms with Crippen LogP contribution in [0.5, 0.6) is 5.75 Å². The van der Waals surface area contributed by atoms with E-state index in [1.165, 1.54) is 9.13 Å². The van der Waals surface area contributed by atoms with Crippen molar-refractivity contribution in [1.29, 1.82) is 0 Å². The van der Waals surface area contributed by atoms with Gasteiger partial charge in [0, 0.05) is 19.4 Å². The van der Waals surface area contributed by atoms with E-state index in [1.54, 1.807) is 0 Å². The highest BCUT2D eigenvalue weighted by atomic mass is 127. The monoisotopic (exact) mass is 303 g/mol. The molecular weight excluding hydrogens is 291 g/mol. The van der Waals surface area contributed by atoms with Crippen molar-refractivity contribution in [3.8, 4) is 5.75 Å². The summed E-state index contributed by atoms with van der Waals surface area (Å²) in [4.78, 5) is 0. The van der Waals surface area contributed by atoms with E-state index in [-0.39, 0.29) is 0 Å². The van der Waals surface area contributed by atoms with Gasteiger partial charge in [-0.15, -0.1) is 0 Å². The van der Waals surface area contributed by atoms with E-state index in [2.05, 4.69) is 45.8 Å². The topological polar surface area (TPSA) is 9.23 Å². The van der Waals surface area contributed by atoms with Gasteiger partial charge in [0.25, 0.3) is 0 Å². The van der Waals surface area contributed by atoms with Crippen LogP contribution in [0.1, 0.15) is 12.0 Å². The molecule has 1 aromatic rings. The maximum Gasteiger partial charge on any atom is 0.123 e. The third-order valence-electron chi connectivity index (χ3n) is 1.80. The van der Waals surface area contributed by atoms with E-state index < -0.39 is 0 Å². The van der Waals surface area contributed by atoms with Crippen molar-refractivity contribution >= 4 is 32.8 Å². The summed E-state index contributed by atoms with van der Waals surface area (Å²) < 4.78 is 6.88. The fourth-order valence-corrected chi connectivity index (χ4v) is 1.62. The first kappa shape index (κ1) is 11.0. The van der Waals surface area contributed by atoms with E-state index in [4.69, 9.17) is 4.74 Å². The molecule has 0 aliphatic heterocycles. The first-order chi connectivity index (χ1) is 6.25. The standard InChI is InChI=1S/C10H12IOSi/c1-8-9(11)4-2-5-10(8)12-6-3-7-13/h2,4-5H,3,6-7H2,1H3. The Labute approximate surface area is 96.4 Å². The van der Waals surface area contributed by atoms with Crippen LogP contribution in [0, 0.1) is 10.5 Å². The lowest BCUT2D eigenvalue weighted by Gasteiger charge is -2.09. The molecule has 0 aliphatic rings. The van der Waals surface area contributed by atoms with Crippen LogP contribution >= 0.6 is 22.6 Å². The average Bonchev–Trinajstić information content (AvgIpc) is 2.13. The smallest absolute Gasteiger partial charge is 0.123 e. The van der Waals surface area contributed by atoms with Crippen LogP contribution in [0.4, 0.5) is 0 Å². The lowest BCUT2D eigenvalue weighted by Crippen LogP contribution is -1.99. The van der Waals surface area contributed by atoms with E-state index in [9.17, 15) is 0 Å². The molecule has 1 rings (SSSR count). The first-order valence-corrected chi connectivity index (χ1v) is 6.07. The summed E-state index contributed by atoms with van der Waals surface area (Å²) in [7, 11) is 3.42. The minimum absolute atomic E-state index is 0.782. The zero-order valence-electron chi connectivity index (χ0n) is 7.64. The minimum atomic E-state index is 0.782. The summed E-state index contributed by atoms with van der Waals surface area (Å²) in [6.45, 7) is 2.87. The lowest BCUT2D eigenvalue weighted by molar-refractivity contribution is 0.315. The van der Waals surface area contributed by atoms with E-state index in [0.717, 1.165) is 24.8 Å². The first-order valence-electron chi connectivity index (χ1n) is 4.28. The molecule has 0 bridgehead atoms. The number of ether oxygens (including phenoxy) is 1. The van der Waals surface area contributed by atoms with E-state index in [0.29, 0.717) is 0 Å². The molecule has 0 saturated heterocycles. The maximum absolute atomic E-state index is 5.62. The van der Waals surface area contributed by atoms with E-state index >= 15 is 0 Å². The van der Waals surface area contributed by atoms with Crippen LogP contribution in [-0.4, -0.2) is 16.8 Å². The van der Waals surface area contributed by atoms with Crippen LogP contribution in [0.25, 0.3) is 0 Å². The van der Waals surface area contributed by atoms with Gasteiger partial charge in [-0.3, -0.25) is 0 Å². The molecule has 3 radical (unpaired) electrons. The van der Waals surface area contributed by atoms with Crippen LogP contribution < -0.4 is 4.74 Å². The van der Waals surface area contributed by atoms with Gasteiger partial charge in [0.15, 0.2) is 0 Å². The Balaban J connectivity index is 2.61. The maximum atomic E-state index is 5.62. The van der Waals surface area contributed by atoms with Gasteiger partial charge in [0.1, 0.15) is 5.75 Å². The van der Waals surface area contributed by atoms with Gasteiger partial charge in [0.2, 0.25) is 0 Å². The summed E-state index contributed by atoms with van der Waals surface area (Å²) >= 11 is 2.32. The molecule has 0 amide bonds. The summed E-state index contributed by atoms with van der Waals surface area (Å²) in [6, 6.07) is 7.12. The zero-order valence-corrected chi connectivity index (χ0v) is 10.8. The van der Waals surface area contributed by atoms with Gasteiger partial charge >= 0.3 is 0 Å². The molecule has 0 heterocycles. The predicted octanol–water partition coefficient (Wildman–Crippen LogP) is 2.96. The van der Waals surface area contributed by atoms with Gasteiger partial charge in [-0.05, 0) is 48.1 Å². The Hall–Kier alpha value is -0.0331. The molecule has 0 atom stereocenters. The largest absolute Gasteiger partial charge is 0.493 e. The Morgan fingerprint density at radius 2 is 2.23 bits per heavy atom. The molecule has 0 N–H and O–H groups in total. The average molecular weight is 303 g/mol. The van der Waals surface area contributed by atoms with Crippen molar-refractivity contribution in [2.24, 2.45) is 0 Å². The van der Waals surface area contributed by atoms with Crippen LogP contribution in [0.2, 0.25) is 6.04 Å². The highest BCUT2D eigenvalue weighted by Gasteiger charge is 2.01. The molecular formula is C10H12IOSi. The predicted molar refractivity (Wildman–Crippen MR) is 64.6 cm³/mol. The van der Waals surface area contributed by atoms with Crippen molar-refractivity contribution in [1.82, 2.24) is 0 Å². The minimum Gasteiger partial charge on any atom is -0.493 e. The van der Waals surface area contributed by atoms with Crippen molar-refractivity contribution in [2.75, 3.05) is 6.61 Å². The van der Waals surface area contributed by atoms with Crippen LogP contribution in [-0.2, 0) is 0 Å². The molecule has 13 heavy (non-hydrogen) atoms. The Bertz CT molecular complexity index is 276. The quantitative estimate of drug-likeness (QED) is 0.472. The van der Waals surface area contributed by atoms with Gasteiger partial charge in [-0.2, -0.15) is 0 Å². The van der Waals surface area contributed by atoms with Gasteiger partial charge in [0.05, 0.1) is 6.61 Å². The molecule has 0 aliphatic carbocycles. The third-order valence-corrected chi connectivity index (χ3v) is 3.32. The SMILES string of the molecule is Cc1c(I)cccc1OCCC[Si]. The number of benzene rings is 1. The van der Waals surface area contributed by atoms with E-state index in [1.807, 2.05) is 12.1 Å². The molecule has 0 saturated carbocycles. The molecule has 1 aromatic carbocycles. The molecule has 0 aromatic heterocycles. The molecule has 0 fully saturated rings. The second-order valence-electron chi connectivity index (χ2n) is 2.81. The second kappa shape index (κ2) is 5.65. The summed E-state index contributed by atoms with van der Waals surface area (Å²) in [5.41, 5.74) is 1.23. The Morgan fingerprint density at radius 1 is 1.46 bits per heavy atom. The summed E-state index contributed by atoms with van der Waals surface area (Å²) in [6.07, 6.45) is 1.04. The van der Waals surface area contributed by atoms with Crippen molar-refractivity contribution in [3.63, 3.8) is 0 Å². The van der Waals surface area contributed by atoms with Gasteiger partial charge < -0.3 is 4.74 Å². The number of hydrogen-bond acceptors (Lipinski definition) is 1. The fraction of sp³-hybridized carbons (Fsp3) is 0.400. The lowest BCUT2D eigenvalue weighted by atomic mass is 10.2. The molecule has 0 spiro atoms. The molecule has 1 nitrogen and oxygen atoms in total.